The second kappa shape index (κ2) is 5.51. The van der Waals surface area contributed by atoms with Crippen LogP contribution in [0, 0.1) is 0 Å². The first-order chi connectivity index (χ1) is 5.75. The van der Waals surface area contributed by atoms with Gasteiger partial charge in [-0.1, -0.05) is 22.9 Å². The van der Waals surface area contributed by atoms with E-state index in [1.807, 2.05) is 0 Å². The maximum Gasteiger partial charge on any atom is 0.0184 e. The summed E-state index contributed by atoms with van der Waals surface area (Å²) in [6.07, 6.45) is 1.28. The summed E-state index contributed by atoms with van der Waals surface area (Å²) in [5, 5.41) is 1.95. The molecule has 2 atom stereocenters. The zero-order valence-electron chi connectivity index (χ0n) is 7.92. The van der Waals surface area contributed by atoms with Crippen LogP contribution in [0.1, 0.15) is 20.3 Å². The van der Waals surface area contributed by atoms with Gasteiger partial charge in [0.1, 0.15) is 0 Å². The minimum Gasteiger partial charge on any atom is -0.299 e. The molecule has 1 fully saturated rings. The van der Waals surface area contributed by atoms with Gasteiger partial charge in [-0.05, 0) is 19.9 Å². The SMILES string of the molecule is CC1SCCN(CCCBr)C1C. The first-order valence-corrected chi connectivity index (χ1v) is 6.84. The molecule has 12 heavy (non-hydrogen) atoms. The predicted octanol–water partition coefficient (Wildman–Crippen LogP) is 2.60. The second-order valence-electron chi connectivity index (χ2n) is 3.40. The lowest BCUT2D eigenvalue weighted by molar-refractivity contribution is 0.214. The Morgan fingerprint density at radius 2 is 2.25 bits per heavy atom. The van der Waals surface area contributed by atoms with Crippen molar-refractivity contribution in [3.05, 3.63) is 0 Å². The smallest absolute Gasteiger partial charge is 0.0184 e. The third-order valence-electron chi connectivity index (χ3n) is 2.59. The summed E-state index contributed by atoms with van der Waals surface area (Å²) in [6.45, 7) is 7.24. The Hall–Kier alpha value is 0.790. The Morgan fingerprint density at radius 1 is 1.50 bits per heavy atom. The Kier molecular flexibility index (Phi) is 4.99. The molecule has 0 aliphatic carbocycles. The molecule has 1 nitrogen and oxygen atoms in total. The zero-order chi connectivity index (χ0) is 8.97. The minimum atomic E-state index is 0.766. The molecule has 0 bridgehead atoms. The Labute approximate surface area is 88.4 Å². The van der Waals surface area contributed by atoms with E-state index in [0.29, 0.717) is 0 Å². The van der Waals surface area contributed by atoms with Gasteiger partial charge in [-0.3, -0.25) is 4.90 Å². The highest BCUT2D eigenvalue weighted by Gasteiger charge is 2.23. The van der Waals surface area contributed by atoms with E-state index in [1.54, 1.807) is 0 Å². The Morgan fingerprint density at radius 3 is 2.92 bits per heavy atom. The fourth-order valence-electron chi connectivity index (χ4n) is 1.57. The van der Waals surface area contributed by atoms with Gasteiger partial charge in [-0.25, -0.2) is 0 Å². The van der Waals surface area contributed by atoms with E-state index in [4.69, 9.17) is 0 Å². The summed E-state index contributed by atoms with van der Waals surface area (Å²) in [5.74, 6) is 1.31. The van der Waals surface area contributed by atoms with E-state index < -0.39 is 0 Å². The monoisotopic (exact) mass is 251 g/mol. The molecule has 0 aromatic rings. The molecular formula is C9H18BrNS. The Balaban J connectivity index is 2.30. The van der Waals surface area contributed by atoms with Gasteiger partial charge in [0.25, 0.3) is 0 Å². The van der Waals surface area contributed by atoms with Crippen molar-refractivity contribution >= 4 is 27.7 Å². The van der Waals surface area contributed by atoms with Gasteiger partial charge in [0.15, 0.2) is 0 Å². The van der Waals surface area contributed by atoms with Crippen LogP contribution in [-0.4, -0.2) is 40.4 Å². The molecular weight excluding hydrogens is 234 g/mol. The van der Waals surface area contributed by atoms with Crippen molar-refractivity contribution in [3.63, 3.8) is 0 Å². The molecule has 3 heteroatoms. The first-order valence-electron chi connectivity index (χ1n) is 4.67. The number of nitrogens with zero attached hydrogens (tertiary/aromatic N) is 1. The molecule has 0 saturated carbocycles. The molecule has 0 amide bonds. The van der Waals surface area contributed by atoms with Gasteiger partial charge >= 0.3 is 0 Å². The summed E-state index contributed by atoms with van der Waals surface area (Å²) in [6, 6.07) is 0.766. The average molecular weight is 252 g/mol. The normalized spacial score (nSPS) is 32.2. The van der Waals surface area contributed by atoms with E-state index in [2.05, 4.69) is 46.4 Å². The number of rotatable bonds is 3. The van der Waals surface area contributed by atoms with E-state index in [9.17, 15) is 0 Å². The van der Waals surface area contributed by atoms with Gasteiger partial charge in [0.2, 0.25) is 0 Å². The lowest BCUT2D eigenvalue weighted by Gasteiger charge is -2.37. The number of alkyl halides is 1. The van der Waals surface area contributed by atoms with Gasteiger partial charge in [0.05, 0.1) is 0 Å². The van der Waals surface area contributed by atoms with E-state index in [-0.39, 0.29) is 0 Å². The number of hydrogen-bond acceptors (Lipinski definition) is 2. The van der Waals surface area contributed by atoms with Crippen LogP contribution in [0.25, 0.3) is 0 Å². The largest absolute Gasteiger partial charge is 0.299 e. The molecule has 1 heterocycles. The molecule has 0 aromatic heterocycles. The third-order valence-corrected chi connectivity index (χ3v) is 4.49. The van der Waals surface area contributed by atoms with Gasteiger partial charge in [-0.15, -0.1) is 0 Å². The van der Waals surface area contributed by atoms with Crippen LogP contribution in [0.15, 0.2) is 0 Å². The van der Waals surface area contributed by atoms with Crippen molar-refractivity contribution in [1.82, 2.24) is 4.90 Å². The van der Waals surface area contributed by atoms with E-state index >= 15 is 0 Å². The molecule has 0 radical (unpaired) electrons. The topological polar surface area (TPSA) is 3.24 Å². The van der Waals surface area contributed by atoms with Gasteiger partial charge < -0.3 is 0 Å². The van der Waals surface area contributed by atoms with Gasteiger partial charge in [-0.2, -0.15) is 11.8 Å². The fraction of sp³-hybridized carbons (Fsp3) is 1.00. The summed E-state index contributed by atoms with van der Waals surface area (Å²) < 4.78 is 0. The van der Waals surface area contributed by atoms with Crippen LogP contribution in [0.5, 0.6) is 0 Å². The summed E-state index contributed by atoms with van der Waals surface area (Å²) in [5.41, 5.74) is 0. The van der Waals surface area contributed by atoms with E-state index in [1.165, 1.54) is 25.3 Å². The van der Waals surface area contributed by atoms with Crippen molar-refractivity contribution in [2.24, 2.45) is 0 Å². The van der Waals surface area contributed by atoms with Crippen LogP contribution in [0.3, 0.4) is 0 Å². The third kappa shape index (κ3) is 2.93. The van der Waals surface area contributed by atoms with Crippen LogP contribution < -0.4 is 0 Å². The molecule has 1 aliphatic heterocycles. The molecule has 0 spiro atoms. The average Bonchev–Trinajstić information content (AvgIpc) is 2.08. The van der Waals surface area contributed by atoms with Crippen molar-refractivity contribution < 1.29 is 0 Å². The molecule has 1 aliphatic rings. The minimum absolute atomic E-state index is 0.766. The maximum absolute atomic E-state index is 3.48. The van der Waals surface area contributed by atoms with Crippen LogP contribution in [0.4, 0.5) is 0 Å². The second-order valence-corrected chi connectivity index (χ2v) is 5.67. The molecule has 72 valence electrons. The van der Waals surface area contributed by atoms with Crippen molar-refractivity contribution in [3.8, 4) is 0 Å². The van der Waals surface area contributed by atoms with Crippen LogP contribution >= 0.6 is 27.7 Å². The number of halogens is 1. The summed E-state index contributed by atoms with van der Waals surface area (Å²) >= 11 is 5.59. The summed E-state index contributed by atoms with van der Waals surface area (Å²) in [4.78, 5) is 2.61. The lowest BCUT2D eigenvalue weighted by Crippen LogP contribution is -2.45. The highest BCUT2D eigenvalue weighted by atomic mass is 79.9. The molecule has 1 saturated heterocycles. The van der Waals surface area contributed by atoms with Crippen LogP contribution in [0.2, 0.25) is 0 Å². The highest BCUT2D eigenvalue weighted by Crippen LogP contribution is 2.24. The Bertz CT molecular complexity index is 132. The number of hydrogen-bond donors (Lipinski definition) is 0. The quantitative estimate of drug-likeness (QED) is 0.710. The summed E-state index contributed by atoms with van der Waals surface area (Å²) in [7, 11) is 0. The van der Waals surface area contributed by atoms with Crippen molar-refractivity contribution in [1.29, 1.82) is 0 Å². The van der Waals surface area contributed by atoms with Crippen molar-refractivity contribution in [2.75, 3.05) is 24.2 Å². The maximum atomic E-state index is 3.48. The van der Waals surface area contributed by atoms with E-state index in [0.717, 1.165) is 16.6 Å². The van der Waals surface area contributed by atoms with Gasteiger partial charge in [0, 0.05) is 28.9 Å². The van der Waals surface area contributed by atoms with Crippen molar-refractivity contribution in [2.45, 2.75) is 31.6 Å². The lowest BCUT2D eigenvalue weighted by atomic mass is 10.2. The predicted molar refractivity (Wildman–Crippen MR) is 61.4 cm³/mol. The fourth-order valence-corrected chi connectivity index (χ4v) is 2.99. The molecule has 0 aromatic carbocycles. The standard InChI is InChI=1S/C9H18BrNS/c1-8-9(2)12-7-6-11(8)5-3-4-10/h8-9H,3-7H2,1-2H3. The highest BCUT2D eigenvalue weighted by molar-refractivity contribution is 9.09. The molecule has 0 N–H and O–H groups in total. The first kappa shape index (κ1) is 10.9. The number of thioether (sulfide) groups is 1. The molecule has 1 rings (SSSR count). The zero-order valence-corrected chi connectivity index (χ0v) is 10.3. The van der Waals surface area contributed by atoms with Crippen LogP contribution in [-0.2, 0) is 0 Å². The molecule has 2 unspecified atom stereocenters.